The van der Waals surface area contributed by atoms with Crippen molar-refractivity contribution in [3.05, 3.63) is 11.6 Å². The van der Waals surface area contributed by atoms with Crippen molar-refractivity contribution in [1.82, 2.24) is 0 Å². The Balaban J connectivity index is 1.53. The molecule has 0 spiro atoms. The molecule has 5 aliphatic rings. The van der Waals surface area contributed by atoms with Gasteiger partial charge in [0.05, 0.1) is 26.2 Å². The predicted octanol–water partition coefficient (Wildman–Crippen LogP) is 7.17. The van der Waals surface area contributed by atoms with Gasteiger partial charge in [0.15, 0.2) is 20.4 Å². The van der Waals surface area contributed by atoms with E-state index in [2.05, 4.69) is 74.6 Å². The smallest absolute Gasteiger partial charge is 0.312 e. The fourth-order valence-corrected chi connectivity index (χ4v) is 11.3. The molecule has 0 aromatic rings. The number of ether oxygens (including phenoxy) is 5. The maximum absolute atomic E-state index is 14.0. The molecule has 1 aliphatic heterocycles. The highest BCUT2D eigenvalue weighted by molar-refractivity contribution is 6.74. The third-order valence-electron chi connectivity index (χ3n) is 13.6. The van der Waals surface area contributed by atoms with E-state index in [0.29, 0.717) is 25.0 Å². The number of carbonyl (C=O) groups excluding carboxylic acids is 2. The van der Waals surface area contributed by atoms with Crippen LogP contribution in [-0.4, -0.2) is 72.8 Å². The van der Waals surface area contributed by atoms with Crippen LogP contribution in [0.1, 0.15) is 87.5 Å². The van der Waals surface area contributed by atoms with E-state index in [-0.39, 0.29) is 64.9 Å². The number of methoxy groups -OCH3 is 2. The first kappa shape index (κ1) is 36.2. The van der Waals surface area contributed by atoms with Crippen molar-refractivity contribution < 1.29 is 37.7 Å². The zero-order valence-corrected chi connectivity index (χ0v) is 31.7. The predicted molar refractivity (Wildman–Crippen MR) is 179 cm³/mol. The van der Waals surface area contributed by atoms with E-state index >= 15 is 0 Å². The molecule has 8 nitrogen and oxygen atoms in total. The van der Waals surface area contributed by atoms with Gasteiger partial charge in [0.2, 0.25) is 0 Å². The highest BCUT2D eigenvalue weighted by Gasteiger charge is 2.66. The van der Waals surface area contributed by atoms with E-state index in [1.54, 1.807) is 7.11 Å². The number of hydrogen-bond donors (Lipinski definition) is 0. The van der Waals surface area contributed by atoms with Crippen molar-refractivity contribution in [3.8, 4) is 0 Å². The molecule has 4 aliphatic carbocycles. The summed E-state index contributed by atoms with van der Waals surface area (Å²) in [5.74, 6) is 0.621. The normalized spacial score (nSPS) is 40.4. The van der Waals surface area contributed by atoms with Crippen LogP contribution < -0.4 is 0 Å². The molecule has 4 fully saturated rings. The first-order chi connectivity index (χ1) is 21.3. The molecule has 46 heavy (non-hydrogen) atoms. The molecular weight excluding hydrogens is 600 g/mol. The molecule has 0 aromatic heterocycles. The Morgan fingerprint density at radius 2 is 1.70 bits per heavy atom. The Morgan fingerprint density at radius 3 is 2.28 bits per heavy atom. The first-order valence-corrected chi connectivity index (χ1v) is 20.6. The van der Waals surface area contributed by atoms with E-state index in [1.165, 1.54) is 7.11 Å². The molecule has 2 unspecified atom stereocenters. The van der Waals surface area contributed by atoms with Crippen molar-refractivity contribution in [2.75, 3.05) is 34.2 Å². The van der Waals surface area contributed by atoms with Gasteiger partial charge in [-0.1, -0.05) is 67.0 Å². The van der Waals surface area contributed by atoms with E-state index < -0.39 is 31.9 Å². The summed E-state index contributed by atoms with van der Waals surface area (Å²) in [6, 6.07) is 0. The molecule has 1 heterocycles. The molecule has 0 bridgehead atoms. The van der Waals surface area contributed by atoms with Gasteiger partial charge < -0.3 is 28.1 Å². The minimum atomic E-state index is -2.33. The van der Waals surface area contributed by atoms with Crippen molar-refractivity contribution in [1.29, 1.82) is 0 Å². The zero-order chi connectivity index (χ0) is 34.0. The fraction of sp³-hybridized carbons (Fsp3) is 0.892. The zero-order valence-electron chi connectivity index (χ0n) is 30.7. The van der Waals surface area contributed by atoms with Gasteiger partial charge in [-0.3, -0.25) is 9.59 Å². The molecule has 3 saturated carbocycles. The molecule has 0 radical (unpaired) electrons. The topological polar surface area (TPSA) is 89.5 Å². The Bertz CT molecular complexity index is 1180. The van der Waals surface area contributed by atoms with Crippen LogP contribution in [0.5, 0.6) is 0 Å². The van der Waals surface area contributed by atoms with Gasteiger partial charge in [-0.25, -0.2) is 0 Å². The van der Waals surface area contributed by atoms with E-state index in [1.807, 2.05) is 0 Å². The second-order valence-electron chi connectivity index (χ2n) is 18.0. The third kappa shape index (κ3) is 6.01. The highest BCUT2D eigenvalue weighted by atomic mass is 28.4. The van der Waals surface area contributed by atoms with Crippen LogP contribution in [0.3, 0.4) is 0 Å². The number of rotatable bonds is 8. The largest absolute Gasteiger partial charge is 0.469 e. The van der Waals surface area contributed by atoms with Gasteiger partial charge in [0.25, 0.3) is 0 Å². The van der Waals surface area contributed by atoms with Crippen LogP contribution in [0.25, 0.3) is 0 Å². The second kappa shape index (κ2) is 12.7. The molecule has 1 saturated heterocycles. The minimum Gasteiger partial charge on any atom is -0.469 e. The molecule has 9 heteroatoms. The molecule has 5 rings (SSSR count). The lowest BCUT2D eigenvalue weighted by molar-refractivity contribution is -0.253. The number of hydrogen-bond acceptors (Lipinski definition) is 8. The lowest BCUT2D eigenvalue weighted by Gasteiger charge is -2.62. The molecule has 262 valence electrons. The van der Waals surface area contributed by atoms with E-state index in [4.69, 9.17) is 28.1 Å². The standard InChI is InChI=1S/C37H62O8Si/c1-22(33-42-19-35(5,6)20-43-33)25-13-14-26-29-24(32(39)41-10)17-23-18-28(38)30(45-46(11,12)34(2,3)4)31(44-21-40-9)37(23,8)27(29)15-16-36(25,26)7/h17,22,24-27,29-31,33H,13-16,18-21H2,1-12H3/t22?,24-,25-,26+,27+,29+,30?,31+,36-,37+/m1/s1. The molecule has 10 atom stereocenters. The summed E-state index contributed by atoms with van der Waals surface area (Å²) in [5.41, 5.74) is 0.573. The highest BCUT2D eigenvalue weighted by Crippen LogP contribution is 2.69. The van der Waals surface area contributed by atoms with E-state index in [9.17, 15) is 9.59 Å². The van der Waals surface area contributed by atoms with Gasteiger partial charge in [-0.05, 0) is 72.9 Å². The Morgan fingerprint density at radius 1 is 1.04 bits per heavy atom. The summed E-state index contributed by atoms with van der Waals surface area (Å²) in [6.45, 7) is 23.9. The monoisotopic (exact) mass is 662 g/mol. The number of Topliss-reactive ketones (excluding diaryl/α,β-unsaturated/α-hetero) is 1. The van der Waals surface area contributed by atoms with Crippen LogP contribution >= 0.6 is 0 Å². The minimum absolute atomic E-state index is 0.0264. The summed E-state index contributed by atoms with van der Waals surface area (Å²) in [4.78, 5) is 27.7. The molecule has 0 N–H and O–H groups in total. The van der Waals surface area contributed by atoms with Crippen molar-refractivity contribution >= 4 is 20.1 Å². The molecule has 0 amide bonds. The Labute approximate surface area is 279 Å². The van der Waals surface area contributed by atoms with Crippen LogP contribution in [0.4, 0.5) is 0 Å². The average molecular weight is 663 g/mol. The van der Waals surface area contributed by atoms with Crippen LogP contribution in [-0.2, 0) is 37.7 Å². The lowest BCUT2D eigenvalue weighted by Crippen LogP contribution is -2.64. The van der Waals surface area contributed by atoms with Crippen LogP contribution in [0.2, 0.25) is 18.1 Å². The molecule has 0 aromatic carbocycles. The van der Waals surface area contributed by atoms with Gasteiger partial charge in [-0.2, -0.15) is 0 Å². The fourth-order valence-electron chi connectivity index (χ4n) is 10.0. The van der Waals surface area contributed by atoms with Crippen molar-refractivity contribution in [3.63, 3.8) is 0 Å². The maximum Gasteiger partial charge on any atom is 0.312 e. The second-order valence-corrected chi connectivity index (χ2v) is 22.7. The Hall–Kier alpha value is -1.10. The Kier molecular flexibility index (Phi) is 9.95. The average Bonchev–Trinajstić information content (AvgIpc) is 3.33. The van der Waals surface area contributed by atoms with Gasteiger partial charge in [-0.15, -0.1) is 0 Å². The van der Waals surface area contributed by atoms with Crippen molar-refractivity contribution in [2.45, 2.75) is 124 Å². The summed E-state index contributed by atoms with van der Waals surface area (Å²) in [7, 11) is 0.787. The van der Waals surface area contributed by atoms with Crippen LogP contribution in [0, 0.1) is 51.8 Å². The summed E-state index contributed by atoms with van der Waals surface area (Å²) in [6.07, 6.45) is 5.10. The number of fused-ring (bicyclic) bond motifs is 5. The number of esters is 1. The summed E-state index contributed by atoms with van der Waals surface area (Å²) < 4.78 is 37.1. The van der Waals surface area contributed by atoms with Gasteiger partial charge in [0, 0.05) is 30.3 Å². The van der Waals surface area contributed by atoms with E-state index in [0.717, 1.165) is 31.3 Å². The van der Waals surface area contributed by atoms with Crippen molar-refractivity contribution in [2.24, 2.45) is 51.8 Å². The third-order valence-corrected chi connectivity index (χ3v) is 18.1. The summed E-state index contributed by atoms with van der Waals surface area (Å²) in [5, 5.41) is -0.0646. The van der Waals surface area contributed by atoms with Gasteiger partial charge in [0.1, 0.15) is 19.0 Å². The first-order valence-electron chi connectivity index (χ1n) is 17.7. The SMILES string of the molecule is COCO[C@H]1C(O[Si](C)(C)C(C)(C)C)C(=O)CC2=C[C@@H](C(=O)OC)[C@H]3[C@@H]4CC[C@H](C(C)C5OCC(C)(C)CO5)[C@@]4(C)CC[C@@H]3[C@]21C. The quantitative estimate of drug-likeness (QED) is 0.117. The summed E-state index contributed by atoms with van der Waals surface area (Å²) >= 11 is 0. The van der Waals surface area contributed by atoms with Gasteiger partial charge >= 0.3 is 5.97 Å². The number of carbonyl (C=O) groups is 2. The van der Waals surface area contributed by atoms with Crippen LogP contribution in [0.15, 0.2) is 11.6 Å². The number of ketones is 1. The molecular formula is C37H62O8Si. The maximum atomic E-state index is 14.0. The lowest BCUT2D eigenvalue weighted by atomic mass is 9.44.